The Kier molecular flexibility index (Phi) is 3.83. The summed E-state index contributed by atoms with van der Waals surface area (Å²) in [6.07, 6.45) is 0.966. The minimum atomic E-state index is 0.273. The third-order valence-electron chi connectivity index (χ3n) is 2.72. The lowest BCUT2D eigenvalue weighted by Gasteiger charge is -2.18. The van der Waals surface area contributed by atoms with Gasteiger partial charge in [-0.05, 0) is 36.7 Å². The van der Waals surface area contributed by atoms with Crippen molar-refractivity contribution in [2.45, 2.75) is 12.5 Å². The van der Waals surface area contributed by atoms with E-state index in [0.717, 1.165) is 24.1 Å². The van der Waals surface area contributed by atoms with Gasteiger partial charge >= 0.3 is 0 Å². The summed E-state index contributed by atoms with van der Waals surface area (Å²) in [6.45, 7) is 1.53. The molecule has 2 rings (SSSR count). The molecule has 1 aliphatic rings. The molecule has 0 aromatic heterocycles. The third-order valence-corrected chi connectivity index (χ3v) is 4.16. The number of fused-ring (bicyclic) bond motifs is 1. The maximum absolute atomic E-state index is 5.59. The molecule has 1 heterocycles. The number of likely N-dealkylation sites (N-methyl/N-ethyl adjacent to an activating group) is 1. The lowest BCUT2D eigenvalue weighted by Crippen LogP contribution is -2.21. The topological polar surface area (TPSA) is 21.3 Å². The maximum atomic E-state index is 5.59. The molecule has 1 unspecified atom stereocenters. The predicted molar refractivity (Wildman–Crippen MR) is 68.2 cm³/mol. The van der Waals surface area contributed by atoms with E-state index >= 15 is 0 Å². The molecular formula is C11H13Br2NO. The molecule has 0 bridgehead atoms. The van der Waals surface area contributed by atoms with Crippen molar-refractivity contribution < 1.29 is 4.74 Å². The van der Waals surface area contributed by atoms with E-state index in [2.05, 4.69) is 49.3 Å². The van der Waals surface area contributed by atoms with E-state index in [0.29, 0.717) is 0 Å². The van der Waals surface area contributed by atoms with Gasteiger partial charge in [-0.2, -0.15) is 0 Å². The van der Waals surface area contributed by atoms with Gasteiger partial charge in [0, 0.05) is 8.95 Å². The minimum absolute atomic E-state index is 0.273. The molecule has 2 nitrogen and oxygen atoms in total. The Bertz CT molecular complexity index is 368. The molecule has 1 aromatic carbocycles. The van der Waals surface area contributed by atoms with Crippen molar-refractivity contribution in [3.05, 3.63) is 32.2 Å². The first kappa shape index (κ1) is 11.6. The van der Waals surface area contributed by atoms with E-state index in [4.69, 9.17) is 4.74 Å². The molecular weight excluding hydrogens is 322 g/mol. The van der Waals surface area contributed by atoms with Gasteiger partial charge in [0.2, 0.25) is 0 Å². The normalized spacial score (nSPS) is 20.9. The third kappa shape index (κ3) is 2.28. The highest BCUT2D eigenvalue weighted by atomic mass is 79.9. The molecule has 1 aliphatic heterocycles. The summed E-state index contributed by atoms with van der Waals surface area (Å²) < 4.78 is 7.92. The highest BCUT2D eigenvalue weighted by Crippen LogP contribution is 2.34. The number of halogens is 2. The summed E-state index contributed by atoms with van der Waals surface area (Å²) in [7, 11) is 1.97. The molecule has 15 heavy (non-hydrogen) atoms. The van der Waals surface area contributed by atoms with Crippen molar-refractivity contribution in [2.75, 3.05) is 20.3 Å². The van der Waals surface area contributed by atoms with Gasteiger partial charge in [-0.3, -0.25) is 0 Å². The van der Waals surface area contributed by atoms with Gasteiger partial charge in [-0.1, -0.05) is 31.9 Å². The van der Waals surface area contributed by atoms with E-state index in [1.165, 1.54) is 15.6 Å². The molecule has 1 N–H and O–H groups in total. The van der Waals surface area contributed by atoms with Crippen LogP contribution in [0, 0.1) is 0 Å². The van der Waals surface area contributed by atoms with Gasteiger partial charge in [0.05, 0.1) is 19.3 Å². The largest absolute Gasteiger partial charge is 0.379 e. The van der Waals surface area contributed by atoms with E-state index in [1.807, 2.05) is 7.05 Å². The maximum Gasteiger partial charge on any atom is 0.0662 e. The second kappa shape index (κ2) is 4.95. The van der Waals surface area contributed by atoms with Gasteiger partial charge in [-0.15, -0.1) is 0 Å². The predicted octanol–water partition coefficient (Wildman–Crippen LogP) is 3.04. The Balaban J connectivity index is 2.54. The number of ether oxygens (including phenoxy) is 1. The Morgan fingerprint density at radius 2 is 2.07 bits per heavy atom. The van der Waals surface area contributed by atoms with Crippen LogP contribution in [0.5, 0.6) is 0 Å². The molecule has 1 atom stereocenters. The van der Waals surface area contributed by atoms with Crippen molar-refractivity contribution in [1.82, 2.24) is 5.32 Å². The van der Waals surface area contributed by atoms with Crippen LogP contribution in [0.1, 0.15) is 17.2 Å². The fraction of sp³-hybridized carbons (Fsp3) is 0.455. The van der Waals surface area contributed by atoms with Gasteiger partial charge in [0.15, 0.2) is 0 Å². The fourth-order valence-electron chi connectivity index (χ4n) is 1.93. The molecule has 0 amide bonds. The smallest absolute Gasteiger partial charge is 0.0662 e. The van der Waals surface area contributed by atoms with Crippen LogP contribution in [0.25, 0.3) is 0 Å². The second-order valence-electron chi connectivity index (χ2n) is 3.59. The van der Waals surface area contributed by atoms with Crippen molar-refractivity contribution in [2.24, 2.45) is 0 Å². The molecule has 0 saturated heterocycles. The number of rotatable bonds is 1. The van der Waals surface area contributed by atoms with E-state index < -0.39 is 0 Å². The molecule has 82 valence electrons. The Hall–Kier alpha value is 0.1000. The first-order valence-electron chi connectivity index (χ1n) is 4.96. The monoisotopic (exact) mass is 333 g/mol. The average molecular weight is 335 g/mol. The zero-order valence-electron chi connectivity index (χ0n) is 8.52. The SMILES string of the molecule is CNC1COCCc2c(Br)ccc(Br)c21. The lowest BCUT2D eigenvalue weighted by atomic mass is 10.00. The summed E-state index contributed by atoms with van der Waals surface area (Å²) in [5.41, 5.74) is 2.67. The summed E-state index contributed by atoms with van der Waals surface area (Å²) in [5.74, 6) is 0. The van der Waals surface area contributed by atoms with Crippen LogP contribution in [0.2, 0.25) is 0 Å². The molecule has 0 radical (unpaired) electrons. The minimum Gasteiger partial charge on any atom is -0.379 e. The van der Waals surface area contributed by atoms with E-state index in [1.54, 1.807) is 0 Å². The first-order chi connectivity index (χ1) is 7.24. The van der Waals surface area contributed by atoms with Crippen LogP contribution in [0.4, 0.5) is 0 Å². The van der Waals surface area contributed by atoms with Gasteiger partial charge in [-0.25, -0.2) is 0 Å². The number of hydrogen-bond donors (Lipinski definition) is 1. The zero-order chi connectivity index (χ0) is 10.8. The van der Waals surface area contributed by atoms with Crippen LogP contribution >= 0.6 is 31.9 Å². The van der Waals surface area contributed by atoms with Crippen LogP contribution in [0.3, 0.4) is 0 Å². The van der Waals surface area contributed by atoms with Crippen LogP contribution in [0.15, 0.2) is 21.1 Å². The van der Waals surface area contributed by atoms with E-state index in [9.17, 15) is 0 Å². The zero-order valence-corrected chi connectivity index (χ0v) is 11.7. The summed E-state index contributed by atoms with van der Waals surface area (Å²) in [5, 5.41) is 3.29. The Morgan fingerprint density at radius 3 is 2.80 bits per heavy atom. The number of nitrogens with one attached hydrogen (secondary N) is 1. The van der Waals surface area contributed by atoms with Crippen LogP contribution in [-0.2, 0) is 11.2 Å². The standard InChI is InChI=1S/C11H13Br2NO/c1-14-10-6-15-5-4-7-8(12)2-3-9(13)11(7)10/h2-3,10,14H,4-6H2,1H3. The Labute approximate surface area is 107 Å². The molecule has 0 saturated carbocycles. The first-order valence-corrected chi connectivity index (χ1v) is 6.54. The van der Waals surface area contributed by atoms with Crippen molar-refractivity contribution in [3.63, 3.8) is 0 Å². The fourth-order valence-corrected chi connectivity index (χ4v) is 3.12. The highest BCUT2D eigenvalue weighted by molar-refractivity contribution is 9.11. The van der Waals surface area contributed by atoms with Crippen LogP contribution < -0.4 is 5.32 Å². The van der Waals surface area contributed by atoms with Crippen molar-refractivity contribution in [1.29, 1.82) is 0 Å². The molecule has 0 fully saturated rings. The van der Waals surface area contributed by atoms with Crippen molar-refractivity contribution in [3.8, 4) is 0 Å². The number of hydrogen-bond acceptors (Lipinski definition) is 2. The highest BCUT2D eigenvalue weighted by Gasteiger charge is 2.21. The van der Waals surface area contributed by atoms with E-state index in [-0.39, 0.29) is 6.04 Å². The van der Waals surface area contributed by atoms with Gasteiger partial charge < -0.3 is 10.1 Å². The van der Waals surface area contributed by atoms with Crippen molar-refractivity contribution >= 4 is 31.9 Å². The number of benzene rings is 1. The van der Waals surface area contributed by atoms with Crippen LogP contribution in [-0.4, -0.2) is 20.3 Å². The summed E-state index contributed by atoms with van der Waals surface area (Å²) in [4.78, 5) is 0. The second-order valence-corrected chi connectivity index (χ2v) is 5.30. The molecule has 0 aliphatic carbocycles. The molecule has 1 aromatic rings. The summed E-state index contributed by atoms with van der Waals surface area (Å²) in [6, 6.07) is 4.44. The van der Waals surface area contributed by atoms with Gasteiger partial charge in [0.25, 0.3) is 0 Å². The molecule has 4 heteroatoms. The lowest BCUT2D eigenvalue weighted by molar-refractivity contribution is 0.123. The molecule has 0 spiro atoms. The summed E-state index contributed by atoms with van der Waals surface area (Å²) >= 11 is 7.22. The quantitative estimate of drug-likeness (QED) is 0.852. The Morgan fingerprint density at radius 1 is 1.33 bits per heavy atom. The van der Waals surface area contributed by atoms with Gasteiger partial charge in [0.1, 0.15) is 0 Å². The average Bonchev–Trinajstić information content (AvgIpc) is 2.46.